The van der Waals surface area contributed by atoms with E-state index in [0.717, 1.165) is 64.2 Å². The van der Waals surface area contributed by atoms with E-state index in [2.05, 4.69) is 74.6 Å². The third-order valence-electron chi connectivity index (χ3n) is 17.8. The summed E-state index contributed by atoms with van der Waals surface area (Å²) >= 11 is 0. The lowest BCUT2D eigenvalue weighted by atomic mass is 10.0. The Hall–Kier alpha value is -2.29. The highest BCUT2D eigenvalue weighted by molar-refractivity contribution is 7.47. The van der Waals surface area contributed by atoms with E-state index >= 15 is 0 Å². The van der Waals surface area contributed by atoms with Gasteiger partial charge < -0.3 is 18.9 Å². The predicted molar refractivity (Wildman–Crippen MR) is 395 cm³/mol. The van der Waals surface area contributed by atoms with Crippen LogP contribution in [0.4, 0.5) is 0 Å². The van der Waals surface area contributed by atoms with Crippen LogP contribution < -0.4 is 0 Å². The molecule has 0 saturated heterocycles. The van der Waals surface area contributed by atoms with Crippen molar-refractivity contribution in [3.63, 3.8) is 0 Å². The molecule has 9 nitrogen and oxygen atoms in total. The average molecular weight is 1300 g/mol. The number of nitrogens with zero attached hydrogens (tertiary/aromatic N) is 1. The minimum atomic E-state index is -4.39. The molecule has 0 heterocycles. The summed E-state index contributed by atoms with van der Waals surface area (Å²) in [5, 5.41) is 0. The van der Waals surface area contributed by atoms with E-state index < -0.39 is 26.5 Å². The van der Waals surface area contributed by atoms with Gasteiger partial charge in [-0.25, -0.2) is 4.57 Å². The number of carbonyl (C=O) groups is 2. The van der Waals surface area contributed by atoms with Crippen molar-refractivity contribution in [1.29, 1.82) is 0 Å². The molecule has 0 spiro atoms. The molecule has 0 aromatic carbocycles. The third kappa shape index (κ3) is 76.6. The van der Waals surface area contributed by atoms with Crippen molar-refractivity contribution in [2.45, 2.75) is 399 Å². The predicted octanol–water partition coefficient (Wildman–Crippen LogP) is 26.1. The van der Waals surface area contributed by atoms with Gasteiger partial charge >= 0.3 is 19.8 Å². The summed E-state index contributed by atoms with van der Waals surface area (Å²) in [5.41, 5.74) is 0. The molecule has 0 rings (SSSR count). The maximum Gasteiger partial charge on any atom is 0.472 e. The average Bonchev–Trinajstić information content (AvgIpc) is 3.30. The fourth-order valence-electron chi connectivity index (χ4n) is 11.8. The first-order valence-corrected chi connectivity index (χ1v) is 41.0. The van der Waals surface area contributed by atoms with Crippen molar-refractivity contribution in [3.05, 3.63) is 60.8 Å². The highest BCUT2D eigenvalue weighted by Gasteiger charge is 2.27. The smallest absolute Gasteiger partial charge is 0.462 e. The summed E-state index contributed by atoms with van der Waals surface area (Å²) < 4.78 is 34.8. The second-order valence-corrected chi connectivity index (χ2v) is 29.5. The number of hydrogen-bond donors (Lipinski definition) is 1. The van der Waals surface area contributed by atoms with Gasteiger partial charge in [-0.15, -0.1) is 0 Å². The molecule has 0 amide bonds. The van der Waals surface area contributed by atoms with Gasteiger partial charge in [-0.3, -0.25) is 18.6 Å². The van der Waals surface area contributed by atoms with Gasteiger partial charge in [-0.2, -0.15) is 0 Å². The highest BCUT2D eigenvalue weighted by Crippen LogP contribution is 2.43. The molecule has 0 aliphatic rings. The number of ether oxygens (including phenoxy) is 2. The molecule has 0 bridgehead atoms. The van der Waals surface area contributed by atoms with Crippen molar-refractivity contribution in [3.8, 4) is 0 Å². The molecular formula is C81H153NO8P+. The number of phosphoric ester groups is 1. The van der Waals surface area contributed by atoms with E-state index in [0.29, 0.717) is 23.9 Å². The fourth-order valence-corrected chi connectivity index (χ4v) is 12.6. The molecule has 1 N–H and O–H groups in total. The maximum absolute atomic E-state index is 12.9. The van der Waals surface area contributed by atoms with Crippen LogP contribution in [0.2, 0.25) is 0 Å². The second-order valence-electron chi connectivity index (χ2n) is 28.1. The SMILES string of the molecule is CC/C=C\C/C=C\C/C=C\C/C=C\C/C=C\CCCCCCCCCCCCCCCCCCCCCCCCCC(=O)OC(COC(=O)CCCCCCCCCCCCCCCCCCCCCCCCCCCCCC)COP(=O)(O)OCC[N+](C)(C)C. The van der Waals surface area contributed by atoms with Gasteiger partial charge in [0.2, 0.25) is 0 Å². The Balaban J connectivity index is 3.91. The number of carbonyl (C=O) groups excluding carboxylic acids is 2. The first-order chi connectivity index (χ1) is 44.5. The second kappa shape index (κ2) is 72.0. The minimum Gasteiger partial charge on any atom is -0.462 e. The number of rotatable bonds is 74. The van der Waals surface area contributed by atoms with E-state index in [1.165, 1.54) is 295 Å². The normalized spacial score (nSPS) is 13.3. The molecule has 0 aromatic heterocycles. The number of likely N-dealkylation sites (N-methyl/N-ethyl adjacent to an activating group) is 1. The standard InChI is InChI=1S/C81H152NO8P/c1-6-8-10-12-14-16-18-20-22-24-26-28-30-32-34-36-37-38-39-40-41-42-43-44-45-46-48-50-52-54-56-58-60-62-64-66-68-70-72-74-81(84)90-79(78-89-91(85,86)88-76-75-82(3,4)5)77-87-80(83)73-71-69-67-65-63-61-59-57-55-53-51-49-47-35-33-31-29-27-25-23-21-19-17-15-13-11-9-7-2/h8,10,14,16,20,22,26,28,32,34,79H,6-7,9,11-13,15,17-19,21,23-25,27,29-31,33,35-78H2,1-5H3/p+1/b10-8-,16-14-,22-20-,28-26-,34-32-. The van der Waals surface area contributed by atoms with E-state index in [4.69, 9.17) is 18.5 Å². The van der Waals surface area contributed by atoms with Crippen LogP contribution in [-0.4, -0.2) is 74.9 Å². The Morgan fingerprint density at radius 2 is 0.626 bits per heavy atom. The highest BCUT2D eigenvalue weighted by atomic mass is 31.2. The molecule has 0 aromatic rings. The van der Waals surface area contributed by atoms with E-state index in [1.807, 2.05) is 21.1 Å². The summed E-state index contributed by atoms with van der Waals surface area (Å²) in [6, 6.07) is 0. The van der Waals surface area contributed by atoms with Crippen LogP contribution in [0.1, 0.15) is 393 Å². The van der Waals surface area contributed by atoms with Gasteiger partial charge in [0.15, 0.2) is 6.10 Å². The van der Waals surface area contributed by atoms with Gasteiger partial charge in [0.1, 0.15) is 19.8 Å². The maximum atomic E-state index is 12.9. The van der Waals surface area contributed by atoms with Crippen molar-refractivity contribution in [2.24, 2.45) is 0 Å². The van der Waals surface area contributed by atoms with Crippen LogP contribution in [0.5, 0.6) is 0 Å². The van der Waals surface area contributed by atoms with Crippen LogP contribution in [0.15, 0.2) is 60.8 Å². The van der Waals surface area contributed by atoms with Crippen LogP contribution in [0.3, 0.4) is 0 Å². The molecule has 2 atom stereocenters. The summed E-state index contributed by atoms with van der Waals surface area (Å²) in [6.45, 7) is 4.40. The number of phosphoric acid groups is 1. The summed E-state index contributed by atoms with van der Waals surface area (Å²) in [4.78, 5) is 36.0. The zero-order valence-corrected chi connectivity index (χ0v) is 62.0. The number of quaternary nitrogens is 1. The molecular weight excluding hydrogens is 1150 g/mol. The van der Waals surface area contributed by atoms with Crippen LogP contribution in [0, 0.1) is 0 Å². The number of hydrogen-bond acceptors (Lipinski definition) is 7. The van der Waals surface area contributed by atoms with E-state index in [-0.39, 0.29) is 25.6 Å². The zero-order chi connectivity index (χ0) is 66.2. The van der Waals surface area contributed by atoms with Gasteiger partial charge in [0.05, 0.1) is 27.7 Å². The summed E-state index contributed by atoms with van der Waals surface area (Å²) in [5.74, 6) is -0.772. The Labute approximate surface area is 566 Å². The van der Waals surface area contributed by atoms with Crippen LogP contribution in [0.25, 0.3) is 0 Å². The summed E-state index contributed by atoms with van der Waals surface area (Å²) in [6.07, 6.45) is 96.6. The Morgan fingerprint density at radius 1 is 0.352 bits per heavy atom. The molecule has 0 fully saturated rings. The quantitative estimate of drug-likeness (QED) is 0.0211. The topological polar surface area (TPSA) is 108 Å². The Kier molecular flexibility index (Phi) is 70.2. The molecule has 0 aliphatic carbocycles. The minimum absolute atomic E-state index is 0.0347. The molecule has 91 heavy (non-hydrogen) atoms. The van der Waals surface area contributed by atoms with E-state index in [1.54, 1.807) is 0 Å². The molecule has 0 radical (unpaired) electrons. The number of allylic oxidation sites excluding steroid dienone is 10. The number of esters is 2. The first kappa shape index (κ1) is 88.7. The zero-order valence-electron chi connectivity index (χ0n) is 61.1. The fraction of sp³-hybridized carbons (Fsp3) is 0.852. The van der Waals surface area contributed by atoms with Gasteiger partial charge in [0, 0.05) is 12.8 Å². The molecule has 2 unspecified atom stereocenters. The van der Waals surface area contributed by atoms with Crippen molar-refractivity contribution < 1.29 is 42.1 Å². The Bertz CT molecular complexity index is 1720. The van der Waals surface area contributed by atoms with Gasteiger partial charge in [-0.05, 0) is 57.8 Å². The lowest BCUT2D eigenvalue weighted by Crippen LogP contribution is -2.37. The van der Waals surface area contributed by atoms with Gasteiger partial charge in [0.25, 0.3) is 0 Å². The van der Waals surface area contributed by atoms with Crippen molar-refractivity contribution >= 4 is 19.8 Å². The molecule has 10 heteroatoms. The monoisotopic (exact) mass is 1300 g/mol. The van der Waals surface area contributed by atoms with E-state index in [9.17, 15) is 19.0 Å². The molecule has 534 valence electrons. The summed E-state index contributed by atoms with van der Waals surface area (Å²) in [7, 11) is 1.50. The third-order valence-corrected chi connectivity index (χ3v) is 18.8. The van der Waals surface area contributed by atoms with Crippen LogP contribution >= 0.6 is 7.82 Å². The lowest BCUT2D eigenvalue weighted by Gasteiger charge is -2.24. The van der Waals surface area contributed by atoms with Crippen LogP contribution in [-0.2, 0) is 32.7 Å². The lowest BCUT2D eigenvalue weighted by molar-refractivity contribution is -0.870. The van der Waals surface area contributed by atoms with Crippen molar-refractivity contribution in [2.75, 3.05) is 47.5 Å². The van der Waals surface area contributed by atoms with Crippen molar-refractivity contribution in [1.82, 2.24) is 0 Å². The molecule has 0 aliphatic heterocycles. The number of unbranched alkanes of at least 4 members (excludes halogenated alkanes) is 50. The largest absolute Gasteiger partial charge is 0.472 e. The Morgan fingerprint density at radius 3 is 0.934 bits per heavy atom. The first-order valence-electron chi connectivity index (χ1n) is 39.5. The van der Waals surface area contributed by atoms with Gasteiger partial charge in [-0.1, -0.05) is 383 Å². The molecule has 0 saturated carbocycles.